The van der Waals surface area contributed by atoms with Crippen LogP contribution in [0.15, 0.2) is 0 Å². The summed E-state index contributed by atoms with van der Waals surface area (Å²) < 4.78 is 15.2. The third-order valence-electron chi connectivity index (χ3n) is 1.37. The Labute approximate surface area is 79.4 Å². The predicted molar refractivity (Wildman–Crippen MR) is 57.5 cm³/mol. The summed E-state index contributed by atoms with van der Waals surface area (Å²) in [4.78, 5) is 0. The molecule has 0 fully saturated rings. The summed E-state index contributed by atoms with van der Waals surface area (Å²) >= 11 is 0. The first kappa shape index (κ1) is 22.7. The molecule has 0 aliphatic rings. The Kier molecular flexibility index (Phi) is 21.0. The van der Waals surface area contributed by atoms with Gasteiger partial charge in [-0.05, 0) is 0 Å². The average Bonchev–Trinajstić information content (AvgIpc) is 1.95. The van der Waals surface area contributed by atoms with Gasteiger partial charge in [0.05, 0.1) is 0 Å². The van der Waals surface area contributed by atoms with Crippen LogP contribution in [-0.2, 0) is 13.3 Å². The fraction of sp³-hybridized carbons (Fsp3) is 1.00. The highest BCUT2D eigenvalue weighted by Gasteiger charge is 2.34. The molecule has 0 heterocycles. The number of rotatable bonds is 4. The van der Waals surface area contributed by atoms with Crippen molar-refractivity contribution < 1.29 is 13.3 Å². The second kappa shape index (κ2) is 11.1. The molecule has 12 heavy (non-hydrogen) atoms. The zero-order chi connectivity index (χ0) is 7.33. The molecule has 0 bridgehead atoms. The molecule has 0 saturated heterocycles. The lowest BCUT2D eigenvalue weighted by Crippen LogP contribution is -2.41. The SMILES string of the molecule is C.C.C.CC[Si](OC)(OC)OC. The van der Waals surface area contributed by atoms with Crippen LogP contribution in [0.2, 0.25) is 6.04 Å². The fourth-order valence-corrected chi connectivity index (χ4v) is 2.05. The van der Waals surface area contributed by atoms with E-state index in [9.17, 15) is 0 Å². The van der Waals surface area contributed by atoms with Crippen LogP contribution in [0.25, 0.3) is 0 Å². The van der Waals surface area contributed by atoms with Crippen molar-refractivity contribution >= 4 is 8.80 Å². The van der Waals surface area contributed by atoms with E-state index in [1.54, 1.807) is 21.3 Å². The standard InChI is InChI=1S/C5H14O3Si.3CH4/c1-5-9(6-2,7-3)8-4;;;/h5H2,1-4H3;3*1H4. The Morgan fingerprint density at radius 3 is 1.08 bits per heavy atom. The molecule has 80 valence electrons. The van der Waals surface area contributed by atoms with Crippen LogP contribution >= 0.6 is 0 Å². The Morgan fingerprint density at radius 1 is 0.833 bits per heavy atom. The van der Waals surface area contributed by atoms with Gasteiger partial charge in [0.25, 0.3) is 0 Å². The molecule has 0 aromatic rings. The lowest BCUT2D eigenvalue weighted by Gasteiger charge is -2.22. The van der Waals surface area contributed by atoms with Crippen LogP contribution in [-0.4, -0.2) is 30.1 Å². The molecule has 0 N–H and O–H groups in total. The van der Waals surface area contributed by atoms with Gasteiger partial charge in [0.15, 0.2) is 0 Å². The first-order valence-electron chi connectivity index (χ1n) is 2.90. The van der Waals surface area contributed by atoms with Gasteiger partial charge in [-0.2, -0.15) is 0 Å². The Balaban J connectivity index is -0.000000107. The Bertz CT molecular complexity index is 57.2. The second-order valence-corrected chi connectivity index (χ2v) is 4.95. The first-order chi connectivity index (χ1) is 4.24. The maximum atomic E-state index is 5.08. The summed E-state index contributed by atoms with van der Waals surface area (Å²) in [6.07, 6.45) is 0. The van der Waals surface area contributed by atoms with Gasteiger partial charge in [-0.15, -0.1) is 0 Å². The quantitative estimate of drug-likeness (QED) is 0.650. The third kappa shape index (κ3) is 5.71. The Hall–Kier alpha value is 0.0969. The topological polar surface area (TPSA) is 27.7 Å². The van der Waals surface area contributed by atoms with E-state index in [1.807, 2.05) is 6.92 Å². The average molecular weight is 198 g/mol. The van der Waals surface area contributed by atoms with Crippen molar-refractivity contribution in [2.45, 2.75) is 35.2 Å². The maximum absolute atomic E-state index is 5.08. The van der Waals surface area contributed by atoms with Crippen molar-refractivity contribution in [2.75, 3.05) is 21.3 Å². The molecule has 0 unspecified atom stereocenters. The largest absolute Gasteiger partial charge is 0.499 e. The zero-order valence-corrected chi connectivity index (χ0v) is 7.43. The smallest absolute Gasteiger partial charge is 0.377 e. The normalized spacial score (nSPS) is 9.00. The minimum Gasteiger partial charge on any atom is -0.377 e. The van der Waals surface area contributed by atoms with E-state index in [0.717, 1.165) is 6.04 Å². The highest BCUT2D eigenvalue weighted by Crippen LogP contribution is 2.10. The minimum absolute atomic E-state index is 0. The summed E-state index contributed by atoms with van der Waals surface area (Å²) in [7, 11) is 2.65. The van der Waals surface area contributed by atoms with Gasteiger partial charge >= 0.3 is 8.80 Å². The molecule has 0 aromatic heterocycles. The molecule has 0 aliphatic heterocycles. The highest BCUT2D eigenvalue weighted by molar-refractivity contribution is 6.60. The molecule has 0 aliphatic carbocycles. The van der Waals surface area contributed by atoms with Gasteiger partial charge in [0, 0.05) is 27.4 Å². The van der Waals surface area contributed by atoms with Gasteiger partial charge in [-0.3, -0.25) is 0 Å². The van der Waals surface area contributed by atoms with Gasteiger partial charge in [-0.1, -0.05) is 29.2 Å². The lowest BCUT2D eigenvalue weighted by molar-refractivity contribution is 0.125. The van der Waals surface area contributed by atoms with Crippen molar-refractivity contribution in [3.8, 4) is 0 Å². The summed E-state index contributed by atoms with van der Waals surface area (Å²) in [6.45, 7) is 1.99. The van der Waals surface area contributed by atoms with E-state index < -0.39 is 8.80 Å². The molecule has 0 radical (unpaired) electrons. The van der Waals surface area contributed by atoms with Crippen LogP contribution in [0.1, 0.15) is 29.2 Å². The third-order valence-corrected chi connectivity index (χ3v) is 4.10. The molecule has 0 saturated carbocycles. The van der Waals surface area contributed by atoms with Crippen molar-refractivity contribution in [3.63, 3.8) is 0 Å². The molecule has 3 nitrogen and oxygen atoms in total. The van der Waals surface area contributed by atoms with Gasteiger partial charge in [-0.25, -0.2) is 0 Å². The van der Waals surface area contributed by atoms with Crippen molar-refractivity contribution in [3.05, 3.63) is 0 Å². The summed E-state index contributed by atoms with van der Waals surface area (Å²) in [5.41, 5.74) is 0. The summed E-state index contributed by atoms with van der Waals surface area (Å²) in [5, 5.41) is 0. The Morgan fingerprint density at radius 2 is 1.08 bits per heavy atom. The second-order valence-electron chi connectivity index (χ2n) is 1.65. The van der Waals surface area contributed by atoms with Crippen LogP contribution in [0.5, 0.6) is 0 Å². The minimum atomic E-state index is -2.19. The maximum Gasteiger partial charge on any atom is 0.499 e. The van der Waals surface area contributed by atoms with E-state index in [2.05, 4.69) is 0 Å². The van der Waals surface area contributed by atoms with Crippen molar-refractivity contribution in [1.82, 2.24) is 0 Å². The molecular weight excluding hydrogens is 172 g/mol. The number of hydrogen-bond acceptors (Lipinski definition) is 3. The van der Waals surface area contributed by atoms with E-state index >= 15 is 0 Å². The van der Waals surface area contributed by atoms with E-state index in [4.69, 9.17) is 13.3 Å². The lowest BCUT2D eigenvalue weighted by atomic mass is 11.0. The van der Waals surface area contributed by atoms with Gasteiger partial charge in [0.1, 0.15) is 0 Å². The van der Waals surface area contributed by atoms with Crippen LogP contribution in [0.4, 0.5) is 0 Å². The van der Waals surface area contributed by atoms with Gasteiger partial charge < -0.3 is 13.3 Å². The van der Waals surface area contributed by atoms with E-state index in [-0.39, 0.29) is 22.3 Å². The molecular formula is C8H26O3Si. The molecule has 4 heteroatoms. The molecule has 0 rings (SSSR count). The van der Waals surface area contributed by atoms with Crippen LogP contribution in [0.3, 0.4) is 0 Å². The molecule has 0 aromatic carbocycles. The van der Waals surface area contributed by atoms with Crippen molar-refractivity contribution in [2.24, 2.45) is 0 Å². The highest BCUT2D eigenvalue weighted by atomic mass is 28.4. The molecule has 0 spiro atoms. The molecule has 0 atom stereocenters. The number of hydrogen-bond donors (Lipinski definition) is 0. The van der Waals surface area contributed by atoms with Crippen molar-refractivity contribution in [1.29, 1.82) is 0 Å². The summed E-state index contributed by atoms with van der Waals surface area (Å²) in [5.74, 6) is 0. The predicted octanol–water partition coefficient (Wildman–Crippen LogP) is 2.79. The van der Waals surface area contributed by atoms with Crippen LogP contribution < -0.4 is 0 Å². The van der Waals surface area contributed by atoms with E-state index in [1.165, 1.54) is 0 Å². The zero-order valence-electron chi connectivity index (χ0n) is 6.43. The fourth-order valence-electron chi connectivity index (χ4n) is 0.683. The molecule has 0 amide bonds. The van der Waals surface area contributed by atoms with E-state index in [0.29, 0.717) is 0 Å². The first-order valence-corrected chi connectivity index (χ1v) is 4.83. The van der Waals surface area contributed by atoms with Gasteiger partial charge in [0.2, 0.25) is 0 Å². The van der Waals surface area contributed by atoms with Crippen LogP contribution in [0, 0.1) is 0 Å². The monoisotopic (exact) mass is 198 g/mol. The summed E-state index contributed by atoms with van der Waals surface area (Å²) in [6, 6.07) is 0.816.